The maximum Gasteiger partial charge on any atom is 0.236 e. The van der Waals surface area contributed by atoms with Crippen LogP contribution in [0.25, 0.3) is 11.4 Å². The van der Waals surface area contributed by atoms with Gasteiger partial charge in [0.05, 0.1) is 5.75 Å². The number of amides is 1. The quantitative estimate of drug-likeness (QED) is 0.686. The summed E-state index contributed by atoms with van der Waals surface area (Å²) in [5.74, 6) is 1.37. The fraction of sp³-hybridized carbons (Fsp3) is 0.222. The second-order valence-corrected chi connectivity index (χ2v) is 6.79. The Labute approximate surface area is 150 Å². The Morgan fingerprint density at radius 3 is 2.64 bits per heavy atom. The first-order chi connectivity index (χ1) is 12.0. The third-order valence-electron chi connectivity index (χ3n) is 3.60. The summed E-state index contributed by atoms with van der Waals surface area (Å²) in [4.78, 5) is 20.8. The standard InChI is InChI=1S/C18H19N5OS/c1-11-4-6-14(7-5-11)17-21-18(23-22-17)25-10-15(24)20-16-13(3)8-12(2)9-19-16/h4-9H,10H2,1-3H3,(H,19,20,24)(H,21,22,23). The Morgan fingerprint density at radius 1 is 1.16 bits per heavy atom. The molecule has 1 aromatic carbocycles. The van der Waals surface area contributed by atoms with Gasteiger partial charge in [0.2, 0.25) is 11.1 Å². The molecule has 0 aliphatic heterocycles. The second-order valence-electron chi connectivity index (χ2n) is 5.85. The predicted molar refractivity (Wildman–Crippen MR) is 99.6 cm³/mol. The van der Waals surface area contributed by atoms with Crippen LogP contribution >= 0.6 is 11.8 Å². The number of H-pyrrole nitrogens is 1. The van der Waals surface area contributed by atoms with Crippen LogP contribution < -0.4 is 5.32 Å². The molecule has 2 heterocycles. The highest BCUT2D eigenvalue weighted by atomic mass is 32.2. The number of thioether (sulfide) groups is 1. The third kappa shape index (κ3) is 4.45. The summed E-state index contributed by atoms with van der Waals surface area (Å²) < 4.78 is 0. The first-order valence-corrected chi connectivity index (χ1v) is 8.85. The molecule has 25 heavy (non-hydrogen) atoms. The number of nitrogens with zero attached hydrogens (tertiary/aromatic N) is 3. The van der Waals surface area contributed by atoms with Gasteiger partial charge in [-0.2, -0.15) is 0 Å². The topological polar surface area (TPSA) is 83.6 Å². The minimum Gasteiger partial charge on any atom is -0.310 e. The van der Waals surface area contributed by atoms with Gasteiger partial charge in [0.25, 0.3) is 0 Å². The zero-order valence-electron chi connectivity index (χ0n) is 14.3. The second kappa shape index (κ2) is 7.48. The van der Waals surface area contributed by atoms with Crippen molar-refractivity contribution in [3.63, 3.8) is 0 Å². The van der Waals surface area contributed by atoms with E-state index in [4.69, 9.17) is 0 Å². The van der Waals surface area contributed by atoms with Gasteiger partial charge in [-0.3, -0.25) is 9.89 Å². The van der Waals surface area contributed by atoms with Gasteiger partial charge in [-0.25, -0.2) is 9.97 Å². The summed E-state index contributed by atoms with van der Waals surface area (Å²) in [7, 11) is 0. The summed E-state index contributed by atoms with van der Waals surface area (Å²) in [5.41, 5.74) is 4.16. The molecule has 0 saturated heterocycles. The molecule has 128 valence electrons. The molecule has 2 aromatic heterocycles. The number of hydrogen-bond donors (Lipinski definition) is 2. The number of aromatic nitrogens is 4. The van der Waals surface area contributed by atoms with Crippen molar-refractivity contribution in [3.8, 4) is 11.4 Å². The fourth-order valence-electron chi connectivity index (χ4n) is 2.30. The van der Waals surface area contributed by atoms with Crippen LogP contribution in [0.5, 0.6) is 0 Å². The molecular formula is C18H19N5OS. The smallest absolute Gasteiger partial charge is 0.236 e. The van der Waals surface area contributed by atoms with Crippen LogP contribution in [0.15, 0.2) is 41.7 Å². The highest BCUT2D eigenvalue weighted by Gasteiger charge is 2.10. The normalized spacial score (nSPS) is 10.7. The molecule has 0 saturated carbocycles. The number of anilines is 1. The lowest BCUT2D eigenvalue weighted by Gasteiger charge is -2.07. The number of hydrogen-bond acceptors (Lipinski definition) is 5. The van der Waals surface area contributed by atoms with Crippen molar-refractivity contribution in [2.24, 2.45) is 0 Å². The highest BCUT2D eigenvalue weighted by Crippen LogP contribution is 2.20. The third-order valence-corrected chi connectivity index (χ3v) is 4.44. The van der Waals surface area contributed by atoms with Crippen molar-refractivity contribution in [2.75, 3.05) is 11.1 Å². The average Bonchev–Trinajstić information content (AvgIpc) is 3.05. The van der Waals surface area contributed by atoms with Gasteiger partial charge in [0, 0.05) is 11.8 Å². The molecule has 3 aromatic rings. The summed E-state index contributed by atoms with van der Waals surface area (Å²) in [6.07, 6.45) is 1.73. The molecule has 1 amide bonds. The number of carbonyl (C=O) groups is 1. The summed E-state index contributed by atoms with van der Waals surface area (Å²) >= 11 is 1.28. The van der Waals surface area contributed by atoms with Crippen LogP contribution in [0, 0.1) is 20.8 Å². The number of nitrogens with one attached hydrogen (secondary N) is 2. The lowest BCUT2D eigenvalue weighted by molar-refractivity contribution is -0.113. The van der Waals surface area contributed by atoms with Crippen LogP contribution in [0.4, 0.5) is 5.82 Å². The Kier molecular flexibility index (Phi) is 5.14. The van der Waals surface area contributed by atoms with E-state index in [9.17, 15) is 4.79 Å². The molecule has 0 aliphatic carbocycles. The van der Waals surface area contributed by atoms with E-state index < -0.39 is 0 Å². The van der Waals surface area contributed by atoms with Crippen molar-refractivity contribution >= 4 is 23.5 Å². The minimum absolute atomic E-state index is 0.133. The number of aromatic amines is 1. The van der Waals surface area contributed by atoms with E-state index in [0.717, 1.165) is 16.7 Å². The molecule has 7 heteroatoms. The number of aryl methyl sites for hydroxylation is 3. The van der Waals surface area contributed by atoms with Crippen molar-refractivity contribution in [1.29, 1.82) is 0 Å². The van der Waals surface area contributed by atoms with Crippen LogP contribution in [0.3, 0.4) is 0 Å². The lowest BCUT2D eigenvalue weighted by atomic mass is 10.1. The SMILES string of the molecule is Cc1ccc(-c2nc(SCC(=O)Nc3ncc(C)cc3C)n[nH]2)cc1. The van der Waals surface area contributed by atoms with Gasteiger partial charge >= 0.3 is 0 Å². The van der Waals surface area contributed by atoms with E-state index in [2.05, 4.69) is 25.5 Å². The van der Waals surface area contributed by atoms with Gasteiger partial charge in [-0.05, 0) is 31.9 Å². The summed E-state index contributed by atoms with van der Waals surface area (Å²) in [6.45, 7) is 5.93. The molecule has 0 unspecified atom stereocenters. The molecular weight excluding hydrogens is 334 g/mol. The zero-order chi connectivity index (χ0) is 17.8. The molecule has 0 atom stereocenters. The Hall–Kier alpha value is -2.67. The Morgan fingerprint density at radius 2 is 1.92 bits per heavy atom. The summed E-state index contributed by atoms with van der Waals surface area (Å²) in [6, 6.07) is 10.0. The van der Waals surface area contributed by atoms with E-state index in [1.165, 1.54) is 17.3 Å². The van der Waals surface area contributed by atoms with Crippen molar-refractivity contribution < 1.29 is 4.79 Å². The maximum absolute atomic E-state index is 12.1. The molecule has 0 aliphatic rings. The van der Waals surface area contributed by atoms with Crippen LogP contribution in [-0.2, 0) is 4.79 Å². The lowest BCUT2D eigenvalue weighted by Crippen LogP contribution is -2.16. The molecule has 2 N–H and O–H groups in total. The number of pyridine rings is 1. The van der Waals surface area contributed by atoms with Gasteiger partial charge in [-0.15, -0.1) is 5.10 Å². The van der Waals surface area contributed by atoms with Gasteiger partial charge in [-0.1, -0.05) is 47.7 Å². The van der Waals surface area contributed by atoms with E-state index in [1.54, 1.807) is 6.20 Å². The van der Waals surface area contributed by atoms with Gasteiger partial charge in [0.15, 0.2) is 5.82 Å². The predicted octanol–water partition coefficient (Wildman–Crippen LogP) is 3.52. The molecule has 0 bridgehead atoms. The van der Waals surface area contributed by atoms with Crippen LogP contribution in [-0.4, -0.2) is 31.8 Å². The van der Waals surface area contributed by atoms with Crippen LogP contribution in [0.2, 0.25) is 0 Å². The molecule has 0 radical (unpaired) electrons. The number of carbonyl (C=O) groups excluding carboxylic acids is 1. The first kappa shape index (κ1) is 17.2. The first-order valence-electron chi connectivity index (χ1n) is 7.86. The molecule has 3 rings (SSSR count). The van der Waals surface area contributed by atoms with E-state index in [0.29, 0.717) is 16.8 Å². The Bertz CT molecular complexity index is 889. The highest BCUT2D eigenvalue weighted by molar-refractivity contribution is 7.99. The van der Waals surface area contributed by atoms with Gasteiger partial charge < -0.3 is 5.32 Å². The minimum atomic E-state index is -0.133. The van der Waals surface area contributed by atoms with Crippen molar-refractivity contribution in [2.45, 2.75) is 25.9 Å². The fourth-order valence-corrected chi connectivity index (χ4v) is 2.89. The van der Waals surface area contributed by atoms with E-state index in [-0.39, 0.29) is 11.7 Å². The molecule has 0 fully saturated rings. The molecule has 0 spiro atoms. The summed E-state index contributed by atoms with van der Waals surface area (Å²) in [5, 5.41) is 10.4. The average molecular weight is 353 g/mol. The molecule has 6 nitrogen and oxygen atoms in total. The number of benzene rings is 1. The monoisotopic (exact) mass is 353 g/mol. The van der Waals surface area contributed by atoms with E-state index >= 15 is 0 Å². The largest absolute Gasteiger partial charge is 0.310 e. The number of rotatable bonds is 5. The van der Waals surface area contributed by atoms with E-state index in [1.807, 2.05) is 51.1 Å². The maximum atomic E-state index is 12.1. The van der Waals surface area contributed by atoms with Crippen molar-refractivity contribution in [1.82, 2.24) is 20.2 Å². The Balaban J connectivity index is 1.58. The van der Waals surface area contributed by atoms with Crippen molar-refractivity contribution in [3.05, 3.63) is 53.2 Å². The van der Waals surface area contributed by atoms with Gasteiger partial charge in [0.1, 0.15) is 5.82 Å². The van der Waals surface area contributed by atoms with Crippen LogP contribution in [0.1, 0.15) is 16.7 Å². The zero-order valence-corrected chi connectivity index (χ0v) is 15.1.